The van der Waals surface area contributed by atoms with Gasteiger partial charge in [0, 0.05) is 6.54 Å². The second kappa shape index (κ2) is 8.56. The first kappa shape index (κ1) is 22.6. The van der Waals surface area contributed by atoms with Crippen LogP contribution in [0.25, 0.3) is 22.2 Å². The zero-order valence-corrected chi connectivity index (χ0v) is 18.8. The minimum atomic E-state index is -4.39. The van der Waals surface area contributed by atoms with E-state index in [1.165, 1.54) is 16.4 Å². The number of sulfonamides is 1. The van der Waals surface area contributed by atoms with E-state index < -0.39 is 27.8 Å². The van der Waals surface area contributed by atoms with Crippen LogP contribution in [0.2, 0.25) is 0 Å². The maximum absolute atomic E-state index is 13.1. The Morgan fingerprint density at radius 2 is 1.68 bits per heavy atom. The number of oxazole rings is 1. The third kappa shape index (κ3) is 4.45. The monoisotopic (exact) mass is 486 g/mol. The molecule has 9 heteroatoms. The van der Waals surface area contributed by atoms with Gasteiger partial charge in [-0.15, -0.1) is 0 Å². The van der Waals surface area contributed by atoms with Gasteiger partial charge in [0.1, 0.15) is 11.6 Å². The van der Waals surface area contributed by atoms with Crippen LogP contribution in [0.15, 0.2) is 77.2 Å². The van der Waals surface area contributed by atoms with Gasteiger partial charge in [-0.3, -0.25) is 0 Å². The van der Waals surface area contributed by atoms with Crippen molar-refractivity contribution in [1.29, 1.82) is 0 Å². The molecule has 0 amide bonds. The van der Waals surface area contributed by atoms with Crippen molar-refractivity contribution in [3.05, 3.63) is 89.8 Å². The Hall–Kier alpha value is -3.17. The fourth-order valence-electron chi connectivity index (χ4n) is 4.31. The first-order chi connectivity index (χ1) is 16.2. The summed E-state index contributed by atoms with van der Waals surface area (Å²) >= 11 is 0. The van der Waals surface area contributed by atoms with E-state index in [-0.39, 0.29) is 5.75 Å². The van der Waals surface area contributed by atoms with E-state index in [1.807, 2.05) is 6.07 Å². The van der Waals surface area contributed by atoms with Crippen LogP contribution in [-0.4, -0.2) is 24.3 Å². The highest BCUT2D eigenvalue weighted by Gasteiger charge is 2.38. The van der Waals surface area contributed by atoms with Gasteiger partial charge in [0.05, 0.1) is 11.3 Å². The number of rotatable bonds is 5. The van der Waals surface area contributed by atoms with E-state index in [0.717, 1.165) is 12.1 Å². The zero-order valence-electron chi connectivity index (χ0n) is 18.0. The molecule has 0 unspecified atom stereocenters. The smallest absolute Gasteiger partial charge is 0.416 e. The van der Waals surface area contributed by atoms with Gasteiger partial charge < -0.3 is 4.42 Å². The second-order valence-electron chi connectivity index (χ2n) is 8.32. The summed E-state index contributed by atoms with van der Waals surface area (Å²) in [6.07, 6.45) is -3.08. The molecule has 1 fully saturated rings. The number of alkyl halides is 3. The molecule has 1 aromatic heterocycles. The Morgan fingerprint density at radius 3 is 2.38 bits per heavy atom. The molecule has 1 saturated heterocycles. The highest BCUT2D eigenvalue weighted by Crippen LogP contribution is 2.37. The fraction of sp³-hybridized carbons (Fsp3) is 0.240. The largest absolute Gasteiger partial charge is 0.439 e. The Kier molecular flexibility index (Phi) is 5.69. The van der Waals surface area contributed by atoms with Crippen molar-refractivity contribution in [2.24, 2.45) is 0 Å². The lowest BCUT2D eigenvalue weighted by atomic mass is 10.0. The predicted molar refractivity (Wildman–Crippen MR) is 122 cm³/mol. The van der Waals surface area contributed by atoms with Crippen molar-refractivity contribution in [2.75, 3.05) is 6.54 Å². The van der Waals surface area contributed by atoms with Crippen molar-refractivity contribution in [1.82, 2.24) is 9.29 Å². The SMILES string of the molecule is O=S(=O)(Cc1ccccc1)N1CCC[C@@H]1c1nc2cc(-c3ccc(C(F)(F)F)cc3)ccc2o1. The van der Waals surface area contributed by atoms with Gasteiger partial charge in [-0.05, 0) is 53.8 Å². The molecule has 1 aliphatic rings. The topological polar surface area (TPSA) is 63.4 Å². The van der Waals surface area contributed by atoms with Crippen LogP contribution in [0.1, 0.15) is 35.9 Å². The molecule has 0 aliphatic carbocycles. The number of hydrogen-bond donors (Lipinski definition) is 0. The van der Waals surface area contributed by atoms with Crippen LogP contribution < -0.4 is 0 Å². The number of nitrogens with zero attached hydrogens (tertiary/aromatic N) is 2. The molecule has 5 rings (SSSR count). The van der Waals surface area contributed by atoms with Crippen LogP contribution in [0, 0.1) is 0 Å². The number of fused-ring (bicyclic) bond motifs is 1. The molecule has 4 aromatic rings. The summed E-state index contributed by atoms with van der Waals surface area (Å²) in [6.45, 7) is 0.398. The Bertz CT molecular complexity index is 1420. The maximum Gasteiger partial charge on any atom is 0.416 e. The van der Waals surface area contributed by atoms with Gasteiger partial charge in [0.15, 0.2) is 5.58 Å². The summed E-state index contributed by atoms with van der Waals surface area (Å²) < 4.78 is 72.2. The van der Waals surface area contributed by atoms with Crippen molar-refractivity contribution >= 4 is 21.1 Å². The van der Waals surface area contributed by atoms with Crippen LogP contribution in [0.5, 0.6) is 0 Å². The minimum absolute atomic E-state index is 0.0946. The van der Waals surface area contributed by atoms with Crippen LogP contribution in [0.4, 0.5) is 13.2 Å². The number of benzene rings is 3. The molecule has 1 atom stereocenters. The van der Waals surface area contributed by atoms with Crippen LogP contribution in [-0.2, 0) is 22.0 Å². The molecule has 0 radical (unpaired) electrons. The standard InChI is InChI=1S/C25H21F3N2O3S/c26-25(27,28)20-11-8-18(9-12-20)19-10-13-23-21(15-19)29-24(33-23)22-7-4-14-30(22)34(31,32)16-17-5-2-1-3-6-17/h1-3,5-6,8-13,15,22H,4,7,14,16H2/t22-/m1/s1. The maximum atomic E-state index is 13.1. The number of aromatic nitrogens is 1. The summed E-state index contributed by atoms with van der Waals surface area (Å²) in [4.78, 5) is 4.56. The van der Waals surface area contributed by atoms with Crippen molar-refractivity contribution in [2.45, 2.75) is 30.8 Å². The average Bonchev–Trinajstić information content (AvgIpc) is 3.46. The van der Waals surface area contributed by atoms with E-state index in [4.69, 9.17) is 4.42 Å². The molecule has 5 nitrogen and oxygen atoms in total. The average molecular weight is 487 g/mol. The lowest BCUT2D eigenvalue weighted by Crippen LogP contribution is -2.31. The number of hydrogen-bond acceptors (Lipinski definition) is 4. The molecule has 0 bridgehead atoms. The van der Waals surface area contributed by atoms with Gasteiger partial charge in [-0.1, -0.05) is 48.5 Å². The molecule has 0 spiro atoms. The van der Waals surface area contributed by atoms with E-state index in [2.05, 4.69) is 4.98 Å². The highest BCUT2D eigenvalue weighted by molar-refractivity contribution is 7.88. The van der Waals surface area contributed by atoms with Crippen molar-refractivity contribution in [3.63, 3.8) is 0 Å². The second-order valence-corrected chi connectivity index (χ2v) is 10.2. The Balaban J connectivity index is 1.42. The first-order valence-electron chi connectivity index (χ1n) is 10.8. The molecule has 176 valence electrons. The summed E-state index contributed by atoms with van der Waals surface area (Å²) in [5.74, 6) is 0.233. The van der Waals surface area contributed by atoms with E-state index in [0.29, 0.717) is 53.1 Å². The van der Waals surface area contributed by atoms with Gasteiger partial charge in [-0.2, -0.15) is 17.5 Å². The number of halogens is 3. The van der Waals surface area contributed by atoms with Gasteiger partial charge in [0.25, 0.3) is 0 Å². The first-order valence-corrected chi connectivity index (χ1v) is 12.4. The zero-order chi connectivity index (χ0) is 23.9. The van der Waals surface area contributed by atoms with E-state index in [1.54, 1.807) is 42.5 Å². The molecule has 34 heavy (non-hydrogen) atoms. The minimum Gasteiger partial charge on any atom is -0.439 e. The quantitative estimate of drug-likeness (QED) is 0.338. The van der Waals surface area contributed by atoms with Gasteiger partial charge >= 0.3 is 6.18 Å². The van der Waals surface area contributed by atoms with E-state index in [9.17, 15) is 21.6 Å². The molecule has 1 aliphatic heterocycles. The highest BCUT2D eigenvalue weighted by atomic mass is 32.2. The summed E-state index contributed by atoms with van der Waals surface area (Å²) in [5.41, 5.74) is 2.34. The lowest BCUT2D eigenvalue weighted by molar-refractivity contribution is -0.137. The predicted octanol–water partition coefficient (Wildman–Crippen LogP) is 6.18. The Morgan fingerprint density at radius 1 is 0.971 bits per heavy atom. The van der Waals surface area contributed by atoms with E-state index >= 15 is 0 Å². The lowest BCUT2D eigenvalue weighted by Gasteiger charge is -2.21. The van der Waals surface area contributed by atoms with Crippen LogP contribution in [0.3, 0.4) is 0 Å². The molecule has 0 N–H and O–H groups in total. The normalized spacial score (nSPS) is 17.4. The molecule has 3 aromatic carbocycles. The molecular formula is C25H21F3N2O3S. The van der Waals surface area contributed by atoms with Gasteiger partial charge in [0.2, 0.25) is 15.9 Å². The summed E-state index contributed by atoms with van der Waals surface area (Å²) in [6, 6.07) is 18.6. The molecule has 0 saturated carbocycles. The van der Waals surface area contributed by atoms with Gasteiger partial charge in [-0.25, -0.2) is 13.4 Å². The summed E-state index contributed by atoms with van der Waals surface area (Å²) in [5, 5.41) is 0. The summed E-state index contributed by atoms with van der Waals surface area (Å²) in [7, 11) is -3.57. The third-order valence-electron chi connectivity index (χ3n) is 5.99. The van der Waals surface area contributed by atoms with Crippen LogP contribution >= 0.6 is 0 Å². The fourth-order valence-corrected chi connectivity index (χ4v) is 6.08. The van der Waals surface area contributed by atoms with Crippen molar-refractivity contribution < 1.29 is 26.0 Å². The third-order valence-corrected chi connectivity index (χ3v) is 7.84. The molecule has 2 heterocycles. The Labute approximate surface area is 194 Å². The van der Waals surface area contributed by atoms with Crippen molar-refractivity contribution in [3.8, 4) is 11.1 Å². The molecular weight excluding hydrogens is 465 g/mol.